The summed E-state index contributed by atoms with van der Waals surface area (Å²) < 4.78 is 0. The highest BCUT2D eigenvalue weighted by molar-refractivity contribution is 7.15. The van der Waals surface area contributed by atoms with Gasteiger partial charge in [0, 0.05) is 48.1 Å². The number of aliphatic hydroxyl groups excluding tert-OH is 2. The molecule has 38 heavy (non-hydrogen) atoms. The minimum Gasteiger partial charge on any atom is -0.396 e. The molecule has 10 heteroatoms. The van der Waals surface area contributed by atoms with Gasteiger partial charge in [0.05, 0.1) is 18.4 Å². The molecule has 0 spiro atoms. The zero-order valence-electron chi connectivity index (χ0n) is 23.0. The number of aliphatic hydroxyl groups is 2. The van der Waals surface area contributed by atoms with Crippen LogP contribution in [0.4, 0.5) is 5.13 Å². The van der Waals surface area contributed by atoms with E-state index in [1.165, 1.54) is 11.3 Å². The Balaban J connectivity index is 1.61. The first-order valence-corrected chi connectivity index (χ1v) is 15.0. The Morgan fingerprint density at radius 2 is 1.89 bits per heavy atom. The van der Waals surface area contributed by atoms with E-state index in [0.29, 0.717) is 50.3 Å². The van der Waals surface area contributed by atoms with Gasteiger partial charge in [-0.05, 0) is 49.9 Å². The lowest BCUT2D eigenvalue weighted by Gasteiger charge is -2.58. The molecule has 0 radical (unpaired) electrons. The number of thiazole rings is 1. The van der Waals surface area contributed by atoms with Gasteiger partial charge in [-0.1, -0.05) is 33.6 Å². The van der Waals surface area contributed by atoms with E-state index in [4.69, 9.17) is 10.7 Å². The van der Waals surface area contributed by atoms with Gasteiger partial charge in [0.2, 0.25) is 17.7 Å². The molecule has 5 N–H and O–H groups in total. The van der Waals surface area contributed by atoms with Crippen molar-refractivity contribution < 1.29 is 24.6 Å². The number of rotatable bonds is 9. The smallest absolute Gasteiger partial charge is 0.226 e. The first-order chi connectivity index (χ1) is 18.0. The van der Waals surface area contributed by atoms with Gasteiger partial charge in [-0.15, -0.1) is 11.3 Å². The third-order valence-electron chi connectivity index (χ3n) is 9.78. The lowest BCUT2D eigenvalue weighted by Crippen LogP contribution is -2.58. The third kappa shape index (κ3) is 5.49. The first-order valence-electron chi connectivity index (χ1n) is 14.2. The van der Waals surface area contributed by atoms with Crippen molar-refractivity contribution in [3.8, 4) is 0 Å². The number of hydrogen-bond donors (Lipinski definition) is 4. The molecular weight excluding hydrogens is 504 g/mol. The number of piperidine rings is 1. The molecule has 1 aromatic heterocycles. The number of likely N-dealkylation sites (tertiary alicyclic amines) is 1. The quantitative estimate of drug-likeness (QED) is 0.349. The van der Waals surface area contributed by atoms with Gasteiger partial charge in [0.15, 0.2) is 5.13 Å². The fourth-order valence-electron chi connectivity index (χ4n) is 7.13. The number of nitrogens with one attached hydrogen (secondary N) is 1. The maximum absolute atomic E-state index is 13.6. The number of fused-ring (bicyclic) bond motifs is 2. The average Bonchev–Trinajstić information content (AvgIpc) is 3.29. The van der Waals surface area contributed by atoms with Crippen molar-refractivity contribution in [1.29, 1.82) is 0 Å². The standard InChI is InChI=1S/C28H44N4O5S/c1-4-5-6-7-22(35)30-26-31-24-18(14-23(36)32-12-9-17(10-13-32)25(29)37)27(2)11-8-21(34)28(3,16-33)20(27)15-19(24)38-26/h17-18,20-21,33-34H,4-16H2,1-3H3,(H2,29,37)(H,30,31,35)/t18-,20+,21-,27+,28+/m1/s1. The van der Waals surface area contributed by atoms with Crippen LogP contribution in [0.25, 0.3) is 0 Å². The van der Waals surface area contributed by atoms with Crippen molar-refractivity contribution in [2.75, 3.05) is 25.0 Å². The Morgan fingerprint density at radius 1 is 1.18 bits per heavy atom. The number of carbonyl (C=O) groups is 3. The van der Waals surface area contributed by atoms with Crippen LogP contribution in [0.15, 0.2) is 0 Å². The highest BCUT2D eigenvalue weighted by Gasteiger charge is 2.59. The van der Waals surface area contributed by atoms with Crippen LogP contribution in [0.3, 0.4) is 0 Å². The van der Waals surface area contributed by atoms with Crippen molar-refractivity contribution in [2.45, 2.75) is 97.0 Å². The van der Waals surface area contributed by atoms with Crippen LogP contribution < -0.4 is 11.1 Å². The predicted octanol–water partition coefficient (Wildman–Crippen LogP) is 3.19. The van der Waals surface area contributed by atoms with Crippen LogP contribution >= 0.6 is 11.3 Å². The molecule has 2 heterocycles. The molecule has 2 fully saturated rings. The first kappa shape index (κ1) is 29.0. The zero-order valence-corrected chi connectivity index (χ0v) is 23.8. The Kier molecular flexibility index (Phi) is 8.84. The molecule has 3 amide bonds. The Hall–Kier alpha value is -2.04. The summed E-state index contributed by atoms with van der Waals surface area (Å²) in [4.78, 5) is 45.5. The van der Waals surface area contributed by atoms with Crippen molar-refractivity contribution in [3.63, 3.8) is 0 Å². The number of carbonyl (C=O) groups excluding carboxylic acids is 3. The minimum absolute atomic E-state index is 0.0284. The van der Waals surface area contributed by atoms with Gasteiger partial charge in [-0.25, -0.2) is 4.98 Å². The molecular formula is C28H44N4O5S. The largest absolute Gasteiger partial charge is 0.396 e. The van der Waals surface area contributed by atoms with Crippen LogP contribution in [0.5, 0.6) is 0 Å². The highest BCUT2D eigenvalue weighted by atomic mass is 32.1. The van der Waals surface area contributed by atoms with E-state index in [2.05, 4.69) is 19.2 Å². The SMILES string of the molecule is CCCCCC(=O)Nc1nc2c(s1)C[C@@H]1[C@](C)(CO)[C@H](O)CC[C@@]1(C)[C@@H]2CC(=O)N1CCC(C(N)=O)CC1. The van der Waals surface area contributed by atoms with E-state index in [9.17, 15) is 24.6 Å². The van der Waals surface area contributed by atoms with Crippen LogP contribution in [0, 0.1) is 22.7 Å². The Morgan fingerprint density at radius 3 is 2.53 bits per heavy atom. The molecule has 1 saturated carbocycles. The predicted molar refractivity (Wildman–Crippen MR) is 146 cm³/mol. The number of nitrogens with two attached hydrogens (primary N) is 1. The lowest BCUT2D eigenvalue weighted by atomic mass is 9.47. The molecule has 5 atom stereocenters. The summed E-state index contributed by atoms with van der Waals surface area (Å²) in [5.74, 6) is -0.745. The highest BCUT2D eigenvalue weighted by Crippen LogP contribution is 2.63. The molecule has 3 aliphatic rings. The van der Waals surface area contributed by atoms with E-state index in [1.807, 2.05) is 11.8 Å². The van der Waals surface area contributed by atoms with E-state index < -0.39 is 11.5 Å². The molecule has 1 aromatic rings. The van der Waals surface area contributed by atoms with Crippen LogP contribution in [0.2, 0.25) is 0 Å². The summed E-state index contributed by atoms with van der Waals surface area (Å²) >= 11 is 1.46. The van der Waals surface area contributed by atoms with Crippen molar-refractivity contribution in [3.05, 3.63) is 10.6 Å². The minimum atomic E-state index is -0.695. The average molecular weight is 549 g/mol. The molecule has 1 saturated heterocycles. The molecule has 9 nitrogen and oxygen atoms in total. The molecule has 0 bridgehead atoms. The summed E-state index contributed by atoms with van der Waals surface area (Å²) in [6.45, 7) is 7.12. The van der Waals surface area contributed by atoms with Gasteiger partial charge in [-0.3, -0.25) is 14.4 Å². The van der Waals surface area contributed by atoms with Gasteiger partial charge in [-0.2, -0.15) is 0 Å². The summed E-state index contributed by atoms with van der Waals surface area (Å²) in [7, 11) is 0. The number of primary amides is 1. The fourth-order valence-corrected chi connectivity index (χ4v) is 8.22. The summed E-state index contributed by atoms with van der Waals surface area (Å²) in [6, 6.07) is 0. The zero-order chi connectivity index (χ0) is 27.7. The molecule has 0 aromatic carbocycles. The number of nitrogens with zero attached hydrogens (tertiary/aromatic N) is 2. The van der Waals surface area contributed by atoms with E-state index in [-0.39, 0.29) is 53.9 Å². The van der Waals surface area contributed by atoms with Gasteiger partial charge in [0.25, 0.3) is 0 Å². The number of aromatic nitrogens is 1. The number of amides is 3. The second-order valence-electron chi connectivity index (χ2n) is 12.1. The van der Waals surface area contributed by atoms with E-state index in [0.717, 1.165) is 36.3 Å². The second-order valence-corrected chi connectivity index (χ2v) is 13.2. The Bertz CT molecular complexity index is 1040. The van der Waals surface area contributed by atoms with Gasteiger partial charge in [0.1, 0.15) is 0 Å². The molecule has 2 aliphatic carbocycles. The van der Waals surface area contributed by atoms with E-state index in [1.54, 1.807) is 0 Å². The van der Waals surface area contributed by atoms with Crippen LogP contribution in [-0.2, 0) is 20.8 Å². The lowest BCUT2D eigenvalue weighted by molar-refractivity contribution is -0.148. The third-order valence-corrected chi connectivity index (χ3v) is 10.8. The van der Waals surface area contributed by atoms with Crippen molar-refractivity contribution >= 4 is 34.2 Å². The van der Waals surface area contributed by atoms with Crippen molar-refractivity contribution in [1.82, 2.24) is 9.88 Å². The van der Waals surface area contributed by atoms with Gasteiger partial charge >= 0.3 is 0 Å². The normalized spacial score (nSPS) is 31.4. The molecule has 1 aliphatic heterocycles. The maximum atomic E-state index is 13.6. The molecule has 212 valence electrons. The number of anilines is 1. The number of unbranched alkanes of at least 4 members (excludes halogenated alkanes) is 2. The van der Waals surface area contributed by atoms with E-state index >= 15 is 0 Å². The molecule has 0 unspecified atom stereocenters. The topological polar surface area (TPSA) is 146 Å². The summed E-state index contributed by atoms with van der Waals surface area (Å²) in [6.07, 6.45) is 6.08. The monoisotopic (exact) mass is 548 g/mol. The second kappa shape index (κ2) is 11.6. The molecule has 4 rings (SSSR count). The van der Waals surface area contributed by atoms with Crippen LogP contribution in [-0.4, -0.2) is 63.6 Å². The van der Waals surface area contributed by atoms with Gasteiger partial charge < -0.3 is 26.2 Å². The van der Waals surface area contributed by atoms with Crippen LogP contribution in [0.1, 0.15) is 95.0 Å². The fraction of sp³-hybridized carbons (Fsp3) is 0.786. The summed E-state index contributed by atoms with van der Waals surface area (Å²) in [5.41, 5.74) is 5.31. The number of hydrogen-bond acceptors (Lipinski definition) is 7. The summed E-state index contributed by atoms with van der Waals surface area (Å²) in [5, 5.41) is 24.9. The van der Waals surface area contributed by atoms with Crippen molar-refractivity contribution in [2.24, 2.45) is 28.4 Å². The Labute approximate surface area is 229 Å². The maximum Gasteiger partial charge on any atom is 0.226 e.